The molecule has 34 heavy (non-hydrogen) atoms. The largest absolute Gasteiger partial charge is 0.481 e. The Morgan fingerprint density at radius 1 is 0.735 bits per heavy atom. The van der Waals surface area contributed by atoms with E-state index < -0.39 is 91.4 Å². The summed E-state index contributed by atoms with van der Waals surface area (Å²) in [5.74, 6) is -8.32. The summed E-state index contributed by atoms with van der Waals surface area (Å²) in [6.45, 7) is 3.46. The highest BCUT2D eigenvalue weighted by molar-refractivity contribution is 5.95. The van der Waals surface area contributed by atoms with Gasteiger partial charge in [-0.2, -0.15) is 0 Å². The van der Waals surface area contributed by atoms with Gasteiger partial charge in [0.05, 0.1) is 18.9 Å². The first-order valence-corrected chi connectivity index (χ1v) is 10.2. The van der Waals surface area contributed by atoms with E-state index in [9.17, 15) is 33.6 Å². The van der Waals surface area contributed by atoms with Gasteiger partial charge in [0.2, 0.25) is 23.6 Å². The molecule has 15 nitrogen and oxygen atoms in total. The number of amides is 4. The Hall–Kier alpha value is -3.75. The van der Waals surface area contributed by atoms with Gasteiger partial charge in [0.15, 0.2) is 0 Å². The number of hydrogen-bond acceptors (Lipinski definition) is 8. The van der Waals surface area contributed by atoms with Crippen LogP contribution in [0.4, 0.5) is 0 Å². The maximum Gasteiger partial charge on any atom is 0.326 e. The van der Waals surface area contributed by atoms with Crippen molar-refractivity contribution < 1.29 is 48.9 Å². The highest BCUT2D eigenvalue weighted by Crippen LogP contribution is 2.08. The lowest BCUT2D eigenvalue weighted by molar-refractivity contribution is -0.147. The number of carboxylic acid groups (broad SMARTS) is 3. The third-order valence-corrected chi connectivity index (χ3v) is 4.37. The zero-order chi connectivity index (χ0) is 26.6. The molecule has 0 fully saturated rings. The molecular formula is C19H31N5O10. The molecule has 0 aromatic heterocycles. The number of carbonyl (C=O) groups excluding carboxylic acids is 4. The van der Waals surface area contributed by atoms with Crippen molar-refractivity contribution in [1.82, 2.24) is 16.0 Å². The summed E-state index contributed by atoms with van der Waals surface area (Å²) < 4.78 is 0. The Balaban J connectivity index is 5.61. The van der Waals surface area contributed by atoms with Crippen LogP contribution in [0.25, 0.3) is 0 Å². The van der Waals surface area contributed by atoms with Crippen molar-refractivity contribution in [2.75, 3.05) is 0 Å². The maximum absolute atomic E-state index is 12.8. The molecule has 4 amide bonds. The second-order valence-corrected chi connectivity index (χ2v) is 7.96. The lowest BCUT2D eigenvalue weighted by Gasteiger charge is -2.25. The molecule has 0 aromatic rings. The van der Waals surface area contributed by atoms with E-state index in [0.29, 0.717) is 0 Å². The standard InChI is InChI=1S/C19H31N5O10/c1-8(2)5-11(23-16(30)9(20)6-13(21)25)18(32)22-10(3-4-14(26)27)17(31)24-12(19(33)34)7-15(28)29/h8-12H,3-7,20H2,1-2H3,(H2,21,25)(H,22,32)(H,23,30)(H,24,31)(H,26,27)(H,28,29)(H,33,34). The summed E-state index contributed by atoms with van der Waals surface area (Å²) in [6.07, 6.45) is -2.39. The molecule has 4 atom stereocenters. The molecule has 0 aromatic carbocycles. The summed E-state index contributed by atoms with van der Waals surface area (Å²) in [5.41, 5.74) is 10.6. The lowest BCUT2D eigenvalue weighted by atomic mass is 10.0. The van der Waals surface area contributed by atoms with Crippen LogP contribution < -0.4 is 27.4 Å². The van der Waals surface area contributed by atoms with E-state index in [1.54, 1.807) is 13.8 Å². The number of nitrogens with one attached hydrogen (secondary N) is 3. The summed E-state index contributed by atoms with van der Waals surface area (Å²) in [7, 11) is 0. The number of aliphatic carboxylic acids is 3. The summed E-state index contributed by atoms with van der Waals surface area (Å²) >= 11 is 0. The first-order valence-electron chi connectivity index (χ1n) is 10.2. The van der Waals surface area contributed by atoms with Crippen molar-refractivity contribution in [1.29, 1.82) is 0 Å². The Bertz CT molecular complexity index is 800. The van der Waals surface area contributed by atoms with Crippen molar-refractivity contribution >= 4 is 41.5 Å². The maximum atomic E-state index is 12.8. The quantitative estimate of drug-likeness (QED) is 0.109. The van der Waals surface area contributed by atoms with Crippen LogP contribution in [-0.4, -0.2) is 81.0 Å². The van der Waals surface area contributed by atoms with Crippen molar-refractivity contribution in [3.05, 3.63) is 0 Å². The molecule has 0 aliphatic rings. The van der Waals surface area contributed by atoms with Gasteiger partial charge >= 0.3 is 17.9 Å². The summed E-state index contributed by atoms with van der Waals surface area (Å²) in [6, 6.07) is -5.95. The van der Waals surface area contributed by atoms with E-state index in [-0.39, 0.29) is 12.3 Å². The van der Waals surface area contributed by atoms with Crippen LogP contribution in [0.15, 0.2) is 0 Å². The molecule has 192 valence electrons. The molecule has 0 heterocycles. The van der Waals surface area contributed by atoms with Gasteiger partial charge in [0.25, 0.3) is 0 Å². The van der Waals surface area contributed by atoms with Gasteiger partial charge in [-0.15, -0.1) is 0 Å². The third kappa shape index (κ3) is 12.3. The van der Waals surface area contributed by atoms with Gasteiger partial charge in [-0.3, -0.25) is 28.8 Å². The topological polar surface area (TPSA) is 268 Å². The molecule has 0 aliphatic carbocycles. The average Bonchev–Trinajstić information content (AvgIpc) is 2.68. The predicted octanol–water partition coefficient (Wildman–Crippen LogP) is -2.89. The van der Waals surface area contributed by atoms with E-state index in [4.69, 9.17) is 26.8 Å². The van der Waals surface area contributed by atoms with Gasteiger partial charge in [-0.25, -0.2) is 4.79 Å². The molecule has 0 bridgehead atoms. The molecule has 0 rings (SSSR count). The van der Waals surface area contributed by atoms with E-state index in [1.807, 2.05) is 5.32 Å². The molecular weight excluding hydrogens is 458 g/mol. The average molecular weight is 489 g/mol. The fraction of sp³-hybridized carbons (Fsp3) is 0.632. The highest BCUT2D eigenvalue weighted by Gasteiger charge is 2.31. The molecule has 15 heteroatoms. The number of primary amides is 1. The SMILES string of the molecule is CC(C)CC(NC(=O)C(N)CC(N)=O)C(=O)NC(CCC(=O)O)C(=O)NC(CC(=O)O)C(=O)O. The van der Waals surface area contributed by atoms with Crippen LogP contribution in [-0.2, 0) is 33.6 Å². The molecule has 0 radical (unpaired) electrons. The minimum absolute atomic E-state index is 0.0743. The number of carboxylic acids is 3. The molecule has 0 saturated carbocycles. The van der Waals surface area contributed by atoms with E-state index in [0.717, 1.165) is 0 Å². The first-order chi connectivity index (χ1) is 15.6. The second-order valence-electron chi connectivity index (χ2n) is 7.96. The zero-order valence-electron chi connectivity index (χ0n) is 18.8. The normalized spacial score (nSPS) is 14.2. The smallest absolute Gasteiger partial charge is 0.326 e. The van der Waals surface area contributed by atoms with Crippen LogP contribution in [0.1, 0.15) is 46.0 Å². The van der Waals surface area contributed by atoms with Crippen LogP contribution in [0.2, 0.25) is 0 Å². The van der Waals surface area contributed by atoms with Crippen molar-refractivity contribution in [3.63, 3.8) is 0 Å². The Labute approximate surface area is 194 Å². The summed E-state index contributed by atoms with van der Waals surface area (Å²) in [5, 5.41) is 33.4. The number of hydrogen-bond donors (Lipinski definition) is 8. The second kappa shape index (κ2) is 14.4. The fourth-order valence-electron chi connectivity index (χ4n) is 2.75. The molecule has 4 unspecified atom stereocenters. The van der Waals surface area contributed by atoms with Crippen molar-refractivity contribution in [3.8, 4) is 0 Å². The Kier molecular flexibility index (Phi) is 12.8. The van der Waals surface area contributed by atoms with E-state index >= 15 is 0 Å². The predicted molar refractivity (Wildman–Crippen MR) is 114 cm³/mol. The number of nitrogens with two attached hydrogens (primary N) is 2. The zero-order valence-corrected chi connectivity index (χ0v) is 18.8. The molecule has 0 spiro atoms. The molecule has 0 saturated heterocycles. The van der Waals surface area contributed by atoms with E-state index in [1.165, 1.54) is 0 Å². The van der Waals surface area contributed by atoms with Gasteiger partial charge in [0, 0.05) is 6.42 Å². The minimum atomic E-state index is -1.83. The van der Waals surface area contributed by atoms with Gasteiger partial charge in [-0.05, 0) is 18.8 Å². The van der Waals surface area contributed by atoms with Crippen LogP contribution in [0, 0.1) is 5.92 Å². The van der Waals surface area contributed by atoms with Crippen LogP contribution in [0.5, 0.6) is 0 Å². The van der Waals surface area contributed by atoms with E-state index in [2.05, 4.69) is 10.6 Å². The lowest BCUT2D eigenvalue weighted by Crippen LogP contribution is -2.57. The van der Waals surface area contributed by atoms with Crippen LogP contribution >= 0.6 is 0 Å². The molecule has 0 aliphatic heterocycles. The van der Waals surface area contributed by atoms with Crippen molar-refractivity contribution in [2.24, 2.45) is 17.4 Å². The first kappa shape index (κ1) is 30.2. The third-order valence-electron chi connectivity index (χ3n) is 4.37. The van der Waals surface area contributed by atoms with Crippen LogP contribution in [0.3, 0.4) is 0 Å². The summed E-state index contributed by atoms with van der Waals surface area (Å²) in [4.78, 5) is 81.6. The Morgan fingerprint density at radius 3 is 1.68 bits per heavy atom. The Morgan fingerprint density at radius 2 is 1.24 bits per heavy atom. The monoisotopic (exact) mass is 489 g/mol. The molecule has 10 N–H and O–H groups in total. The van der Waals surface area contributed by atoms with Crippen molar-refractivity contribution in [2.45, 2.75) is 70.1 Å². The number of carbonyl (C=O) groups is 7. The fourth-order valence-corrected chi connectivity index (χ4v) is 2.75. The van der Waals surface area contributed by atoms with Gasteiger partial charge in [-0.1, -0.05) is 13.8 Å². The highest BCUT2D eigenvalue weighted by atomic mass is 16.4. The minimum Gasteiger partial charge on any atom is -0.481 e. The number of rotatable bonds is 16. The van der Waals surface area contributed by atoms with Gasteiger partial charge < -0.3 is 42.7 Å². The van der Waals surface area contributed by atoms with Gasteiger partial charge in [0.1, 0.15) is 18.1 Å².